The van der Waals surface area contributed by atoms with Crippen LogP contribution in [-0.4, -0.2) is 38.9 Å². The predicted molar refractivity (Wildman–Crippen MR) is 36.1 cm³/mol. The molecule has 0 atom stereocenters. The molecule has 0 aromatic carbocycles. The van der Waals surface area contributed by atoms with Crippen molar-refractivity contribution in [2.45, 2.75) is 0 Å². The fourth-order valence-corrected chi connectivity index (χ4v) is 0.295. The predicted octanol–water partition coefficient (Wildman–Crippen LogP) is -0.247. The molecule has 0 radical (unpaired) electrons. The minimum Gasteiger partial charge on any atom is -0.315 e. The van der Waals surface area contributed by atoms with Crippen LogP contribution in [-0.2, 0) is 0 Å². The molecule has 0 aliphatic carbocycles. The van der Waals surface area contributed by atoms with E-state index in [1.807, 2.05) is 27.4 Å². The second kappa shape index (κ2) is 4.59. The smallest absolute Gasteiger partial charge is 0.0383 e. The van der Waals surface area contributed by atoms with Crippen molar-refractivity contribution in [1.82, 2.24) is 10.3 Å². The van der Waals surface area contributed by atoms with Crippen molar-refractivity contribution in [3.05, 3.63) is 0 Å². The van der Waals surface area contributed by atoms with Gasteiger partial charge in [0.15, 0.2) is 0 Å². The fourth-order valence-electron chi connectivity index (χ4n) is 0.295. The molecule has 0 heterocycles. The van der Waals surface area contributed by atoms with E-state index in [2.05, 4.69) is 10.4 Å². The van der Waals surface area contributed by atoms with Gasteiger partial charge in [0.2, 0.25) is 0 Å². The standard InChI is InChI=1S/C5H13N3/c1-6-4-5-7-8(2)3/h5-6H,4H2,1-3H3. The van der Waals surface area contributed by atoms with E-state index < -0.39 is 0 Å². The van der Waals surface area contributed by atoms with Crippen LogP contribution in [0, 0.1) is 0 Å². The number of nitrogens with one attached hydrogen (secondary N) is 1. The van der Waals surface area contributed by atoms with Crippen LogP contribution in [0.1, 0.15) is 0 Å². The molecule has 0 aromatic rings. The largest absolute Gasteiger partial charge is 0.315 e. The summed E-state index contributed by atoms with van der Waals surface area (Å²) in [6.07, 6.45) is 1.82. The summed E-state index contributed by atoms with van der Waals surface area (Å²) in [5.41, 5.74) is 0. The summed E-state index contributed by atoms with van der Waals surface area (Å²) in [6.45, 7) is 0.832. The zero-order valence-corrected chi connectivity index (χ0v) is 5.68. The van der Waals surface area contributed by atoms with E-state index in [-0.39, 0.29) is 0 Å². The van der Waals surface area contributed by atoms with Crippen LogP contribution in [0.5, 0.6) is 0 Å². The highest BCUT2D eigenvalue weighted by atomic mass is 15.4. The van der Waals surface area contributed by atoms with Crippen LogP contribution in [0.2, 0.25) is 0 Å². The number of hydrazone groups is 1. The van der Waals surface area contributed by atoms with Gasteiger partial charge in [0.1, 0.15) is 0 Å². The van der Waals surface area contributed by atoms with Gasteiger partial charge < -0.3 is 10.3 Å². The van der Waals surface area contributed by atoms with E-state index in [0.717, 1.165) is 6.54 Å². The van der Waals surface area contributed by atoms with Crippen molar-refractivity contribution in [3.8, 4) is 0 Å². The number of nitrogens with zero attached hydrogens (tertiary/aromatic N) is 2. The Labute approximate surface area is 50.4 Å². The van der Waals surface area contributed by atoms with Crippen LogP contribution < -0.4 is 5.32 Å². The van der Waals surface area contributed by atoms with Crippen molar-refractivity contribution in [2.24, 2.45) is 5.10 Å². The summed E-state index contributed by atoms with van der Waals surface area (Å²) in [7, 11) is 5.68. The lowest BCUT2D eigenvalue weighted by molar-refractivity contribution is 0.439. The van der Waals surface area contributed by atoms with Gasteiger partial charge in [-0.1, -0.05) is 0 Å². The van der Waals surface area contributed by atoms with Crippen molar-refractivity contribution < 1.29 is 0 Å². The summed E-state index contributed by atoms with van der Waals surface area (Å²) in [6, 6.07) is 0. The van der Waals surface area contributed by atoms with Gasteiger partial charge in [0.05, 0.1) is 0 Å². The first-order valence-corrected chi connectivity index (χ1v) is 2.61. The molecule has 0 fully saturated rings. The van der Waals surface area contributed by atoms with Crippen LogP contribution in [0.3, 0.4) is 0 Å². The second-order valence-corrected chi connectivity index (χ2v) is 1.70. The van der Waals surface area contributed by atoms with Crippen LogP contribution in [0.15, 0.2) is 5.10 Å². The molecule has 0 rings (SSSR count). The Morgan fingerprint density at radius 2 is 2.25 bits per heavy atom. The van der Waals surface area contributed by atoms with Crippen LogP contribution in [0.25, 0.3) is 0 Å². The molecule has 0 aromatic heterocycles. The first kappa shape index (κ1) is 7.43. The molecule has 0 saturated heterocycles. The minimum atomic E-state index is 0.832. The Morgan fingerprint density at radius 1 is 1.62 bits per heavy atom. The maximum Gasteiger partial charge on any atom is 0.0383 e. The van der Waals surface area contributed by atoms with E-state index in [1.165, 1.54) is 0 Å². The Bertz CT molecular complexity index is 68.1. The van der Waals surface area contributed by atoms with Gasteiger partial charge >= 0.3 is 0 Å². The van der Waals surface area contributed by atoms with E-state index in [4.69, 9.17) is 0 Å². The van der Waals surface area contributed by atoms with E-state index >= 15 is 0 Å². The highest BCUT2D eigenvalue weighted by Gasteiger charge is 1.73. The van der Waals surface area contributed by atoms with Crippen molar-refractivity contribution in [2.75, 3.05) is 27.7 Å². The SMILES string of the molecule is CNCC=NN(C)C. The summed E-state index contributed by atoms with van der Waals surface area (Å²) in [5, 5.41) is 8.67. The number of hydrogen-bond acceptors (Lipinski definition) is 3. The molecule has 0 aliphatic rings. The third-order valence-corrected chi connectivity index (χ3v) is 0.608. The van der Waals surface area contributed by atoms with Crippen LogP contribution in [0.4, 0.5) is 0 Å². The molecular weight excluding hydrogens is 102 g/mol. The highest BCUT2D eigenvalue weighted by Crippen LogP contribution is 1.68. The molecular formula is C5H13N3. The maximum absolute atomic E-state index is 3.96. The third-order valence-electron chi connectivity index (χ3n) is 0.608. The lowest BCUT2D eigenvalue weighted by Gasteiger charge is -2.00. The quantitative estimate of drug-likeness (QED) is 0.406. The monoisotopic (exact) mass is 115 g/mol. The van der Waals surface area contributed by atoms with Gasteiger partial charge in [0, 0.05) is 26.9 Å². The zero-order chi connectivity index (χ0) is 6.41. The second-order valence-electron chi connectivity index (χ2n) is 1.70. The fraction of sp³-hybridized carbons (Fsp3) is 0.800. The lowest BCUT2D eigenvalue weighted by Crippen LogP contribution is -2.11. The zero-order valence-electron chi connectivity index (χ0n) is 5.68. The Morgan fingerprint density at radius 3 is 2.62 bits per heavy atom. The highest BCUT2D eigenvalue weighted by molar-refractivity contribution is 5.58. The third kappa shape index (κ3) is 5.43. The number of rotatable bonds is 3. The summed E-state index contributed by atoms with van der Waals surface area (Å²) >= 11 is 0. The first-order chi connectivity index (χ1) is 3.77. The van der Waals surface area contributed by atoms with Gasteiger partial charge in [0.25, 0.3) is 0 Å². The van der Waals surface area contributed by atoms with Crippen molar-refractivity contribution in [1.29, 1.82) is 0 Å². The molecule has 0 unspecified atom stereocenters. The molecule has 3 heteroatoms. The number of hydrogen-bond donors (Lipinski definition) is 1. The average Bonchev–Trinajstić information content (AvgIpc) is 1.66. The molecule has 0 bridgehead atoms. The van der Waals surface area contributed by atoms with Gasteiger partial charge in [-0.2, -0.15) is 5.10 Å². The Balaban J connectivity index is 3.07. The molecule has 0 amide bonds. The van der Waals surface area contributed by atoms with Crippen molar-refractivity contribution >= 4 is 6.21 Å². The topological polar surface area (TPSA) is 27.6 Å². The molecule has 1 N–H and O–H groups in total. The molecule has 0 saturated carbocycles. The molecule has 0 spiro atoms. The van der Waals surface area contributed by atoms with E-state index in [9.17, 15) is 0 Å². The average molecular weight is 115 g/mol. The van der Waals surface area contributed by atoms with Gasteiger partial charge in [-0.3, -0.25) is 0 Å². The lowest BCUT2D eigenvalue weighted by atomic mass is 10.7. The Hall–Kier alpha value is -0.570. The maximum atomic E-state index is 3.96. The first-order valence-electron chi connectivity index (χ1n) is 2.61. The summed E-state index contributed by atoms with van der Waals surface area (Å²) in [4.78, 5) is 0. The normalized spacial score (nSPS) is 10.4. The van der Waals surface area contributed by atoms with E-state index in [1.54, 1.807) is 5.01 Å². The van der Waals surface area contributed by atoms with Crippen LogP contribution >= 0.6 is 0 Å². The molecule has 8 heavy (non-hydrogen) atoms. The summed E-state index contributed by atoms with van der Waals surface area (Å²) < 4.78 is 0. The van der Waals surface area contributed by atoms with Crippen molar-refractivity contribution in [3.63, 3.8) is 0 Å². The molecule has 48 valence electrons. The van der Waals surface area contributed by atoms with Gasteiger partial charge in [-0.15, -0.1) is 0 Å². The molecule has 0 aliphatic heterocycles. The van der Waals surface area contributed by atoms with Gasteiger partial charge in [-0.05, 0) is 7.05 Å². The Kier molecular flexibility index (Phi) is 4.26. The summed E-state index contributed by atoms with van der Waals surface area (Å²) in [5.74, 6) is 0. The van der Waals surface area contributed by atoms with Gasteiger partial charge in [-0.25, -0.2) is 0 Å². The molecule has 3 nitrogen and oxygen atoms in total. The minimum absolute atomic E-state index is 0.832. The van der Waals surface area contributed by atoms with E-state index in [0.29, 0.717) is 0 Å².